The van der Waals surface area contributed by atoms with E-state index in [0.717, 1.165) is 0 Å². The molecule has 0 spiro atoms. The van der Waals surface area contributed by atoms with E-state index in [1.807, 2.05) is 0 Å². The van der Waals surface area contributed by atoms with Crippen molar-refractivity contribution in [3.63, 3.8) is 0 Å². The van der Waals surface area contributed by atoms with E-state index in [0.29, 0.717) is 11.3 Å². The Morgan fingerprint density at radius 1 is 1.33 bits per heavy atom. The molecule has 0 atom stereocenters. The zero-order chi connectivity index (χ0) is 13.1. The van der Waals surface area contributed by atoms with Crippen molar-refractivity contribution < 1.29 is 9.18 Å². The first-order valence-electron chi connectivity index (χ1n) is 5.36. The second-order valence-corrected chi connectivity index (χ2v) is 3.81. The van der Waals surface area contributed by atoms with Crippen LogP contribution in [0.3, 0.4) is 0 Å². The van der Waals surface area contributed by atoms with E-state index in [4.69, 9.17) is 5.73 Å². The van der Waals surface area contributed by atoms with Crippen LogP contribution in [0, 0.1) is 12.7 Å². The second kappa shape index (κ2) is 4.83. The van der Waals surface area contributed by atoms with Crippen LogP contribution in [-0.2, 0) is 0 Å². The number of hydrogen-bond donors (Lipinski definition) is 2. The van der Waals surface area contributed by atoms with Gasteiger partial charge < -0.3 is 11.1 Å². The van der Waals surface area contributed by atoms with Gasteiger partial charge >= 0.3 is 0 Å². The third-order valence-electron chi connectivity index (χ3n) is 2.57. The SMILES string of the molecule is Cc1c(F)cccc1NC(=O)c1ncccc1N. The minimum absolute atomic E-state index is 0.126. The third-order valence-corrected chi connectivity index (χ3v) is 2.57. The number of carbonyl (C=O) groups is 1. The summed E-state index contributed by atoms with van der Waals surface area (Å²) >= 11 is 0. The van der Waals surface area contributed by atoms with Crippen molar-refractivity contribution >= 4 is 17.3 Å². The third kappa shape index (κ3) is 2.29. The van der Waals surface area contributed by atoms with Crippen molar-refractivity contribution in [2.24, 2.45) is 0 Å². The number of aromatic nitrogens is 1. The van der Waals surface area contributed by atoms with Gasteiger partial charge in [-0.3, -0.25) is 4.79 Å². The molecule has 4 nitrogen and oxygen atoms in total. The minimum atomic E-state index is -0.457. The predicted molar refractivity (Wildman–Crippen MR) is 67.7 cm³/mol. The van der Waals surface area contributed by atoms with E-state index < -0.39 is 5.91 Å². The topological polar surface area (TPSA) is 68.0 Å². The van der Waals surface area contributed by atoms with Gasteiger partial charge in [0.25, 0.3) is 5.91 Å². The molecule has 0 aliphatic rings. The smallest absolute Gasteiger partial charge is 0.276 e. The van der Waals surface area contributed by atoms with E-state index in [1.165, 1.54) is 18.3 Å². The highest BCUT2D eigenvalue weighted by Crippen LogP contribution is 2.19. The van der Waals surface area contributed by atoms with Crippen LogP contribution in [0.1, 0.15) is 16.1 Å². The lowest BCUT2D eigenvalue weighted by atomic mass is 10.2. The molecule has 0 unspecified atom stereocenters. The van der Waals surface area contributed by atoms with Crippen molar-refractivity contribution in [2.45, 2.75) is 6.92 Å². The number of halogens is 1. The number of amides is 1. The van der Waals surface area contributed by atoms with Crippen LogP contribution in [0.25, 0.3) is 0 Å². The highest BCUT2D eigenvalue weighted by molar-refractivity contribution is 6.06. The van der Waals surface area contributed by atoms with Crippen LogP contribution < -0.4 is 11.1 Å². The fourth-order valence-corrected chi connectivity index (χ4v) is 1.53. The van der Waals surface area contributed by atoms with Crippen molar-refractivity contribution in [1.82, 2.24) is 4.98 Å². The van der Waals surface area contributed by atoms with E-state index in [-0.39, 0.29) is 17.2 Å². The number of anilines is 2. The molecule has 5 heteroatoms. The average molecular weight is 245 g/mol. The minimum Gasteiger partial charge on any atom is -0.397 e. The molecule has 18 heavy (non-hydrogen) atoms. The largest absolute Gasteiger partial charge is 0.397 e. The highest BCUT2D eigenvalue weighted by Gasteiger charge is 2.12. The van der Waals surface area contributed by atoms with Crippen molar-refractivity contribution in [3.8, 4) is 0 Å². The van der Waals surface area contributed by atoms with Crippen LogP contribution in [-0.4, -0.2) is 10.9 Å². The lowest BCUT2D eigenvalue weighted by Gasteiger charge is -2.09. The van der Waals surface area contributed by atoms with E-state index >= 15 is 0 Å². The highest BCUT2D eigenvalue weighted by atomic mass is 19.1. The first-order valence-corrected chi connectivity index (χ1v) is 5.36. The number of nitrogens with one attached hydrogen (secondary N) is 1. The monoisotopic (exact) mass is 245 g/mol. The summed E-state index contributed by atoms with van der Waals surface area (Å²) in [7, 11) is 0. The Hall–Kier alpha value is -2.43. The van der Waals surface area contributed by atoms with Gasteiger partial charge in [0, 0.05) is 17.4 Å². The molecule has 2 rings (SSSR count). The van der Waals surface area contributed by atoms with Gasteiger partial charge in [-0.05, 0) is 31.2 Å². The van der Waals surface area contributed by atoms with Crippen LogP contribution >= 0.6 is 0 Å². The molecule has 1 heterocycles. The first kappa shape index (κ1) is 12.0. The lowest BCUT2D eigenvalue weighted by Crippen LogP contribution is -2.16. The maximum absolute atomic E-state index is 13.3. The molecule has 0 bridgehead atoms. The standard InChI is InChI=1S/C13H12FN3O/c1-8-9(14)4-2-6-11(8)17-13(18)12-10(15)5-3-7-16-12/h2-7H,15H2,1H3,(H,17,18). The fourth-order valence-electron chi connectivity index (χ4n) is 1.53. The van der Waals surface area contributed by atoms with Crippen molar-refractivity contribution in [1.29, 1.82) is 0 Å². The summed E-state index contributed by atoms with van der Waals surface area (Å²) in [4.78, 5) is 15.8. The van der Waals surface area contributed by atoms with Gasteiger partial charge in [-0.2, -0.15) is 0 Å². The molecular weight excluding hydrogens is 233 g/mol. The van der Waals surface area contributed by atoms with Crippen molar-refractivity contribution in [3.05, 3.63) is 53.6 Å². The van der Waals surface area contributed by atoms with E-state index in [9.17, 15) is 9.18 Å². The number of benzene rings is 1. The molecule has 3 N–H and O–H groups in total. The number of pyridine rings is 1. The quantitative estimate of drug-likeness (QED) is 0.853. The predicted octanol–water partition coefficient (Wildman–Crippen LogP) is 2.36. The summed E-state index contributed by atoms with van der Waals surface area (Å²) in [5, 5.41) is 2.59. The summed E-state index contributed by atoms with van der Waals surface area (Å²) < 4.78 is 13.3. The summed E-state index contributed by atoms with van der Waals surface area (Å²) in [5.41, 5.74) is 6.84. The molecule has 0 aliphatic carbocycles. The van der Waals surface area contributed by atoms with Crippen LogP contribution in [0.15, 0.2) is 36.5 Å². The van der Waals surface area contributed by atoms with Crippen molar-refractivity contribution in [2.75, 3.05) is 11.1 Å². The zero-order valence-corrected chi connectivity index (χ0v) is 9.77. The van der Waals surface area contributed by atoms with Gasteiger partial charge in [0.15, 0.2) is 5.69 Å². The van der Waals surface area contributed by atoms with Crippen LogP contribution in [0.4, 0.5) is 15.8 Å². The fraction of sp³-hybridized carbons (Fsp3) is 0.0769. The Bertz CT molecular complexity index is 599. The summed E-state index contributed by atoms with van der Waals surface area (Å²) in [6.45, 7) is 1.59. The van der Waals surface area contributed by atoms with Gasteiger partial charge in [-0.25, -0.2) is 9.37 Å². The number of nitrogen functional groups attached to an aromatic ring is 1. The summed E-state index contributed by atoms with van der Waals surface area (Å²) in [6, 6.07) is 7.70. The number of nitrogens with zero attached hydrogens (tertiary/aromatic N) is 1. The maximum Gasteiger partial charge on any atom is 0.276 e. The molecule has 92 valence electrons. The molecule has 0 radical (unpaired) electrons. The molecular formula is C13H12FN3O. The molecule has 0 saturated heterocycles. The number of carbonyl (C=O) groups excluding carboxylic acids is 1. The molecule has 2 aromatic rings. The molecule has 1 aromatic heterocycles. The summed E-state index contributed by atoms with van der Waals surface area (Å²) in [6.07, 6.45) is 1.48. The van der Waals surface area contributed by atoms with Gasteiger partial charge in [0.2, 0.25) is 0 Å². The second-order valence-electron chi connectivity index (χ2n) is 3.81. The van der Waals surface area contributed by atoms with E-state index in [2.05, 4.69) is 10.3 Å². The lowest BCUT2D eigenvalue weighted by molar-refractivity contribution is 0.102. The summed E-state index contributed by atoms with van der Waals surface area (Å²) in [5.74, 6) is -0.830. The Morgan fingerprint density at radius 2 is 2.11 bits per heavy atom. The van der Waals surface area contributed by atoms with Crippen LogP contribution in [0.2, 0.25) is 0 Å². The Morgan fingerprint density at radius 3 is 2.83 bits per heavy atom. The Labute approximate surface area is 104 Å². The molecule has 0 fully saturated rings. The van der Waals surface area contributed by atoms with Crippen LogP contribution in [0.5, 0.6) is 0 Å². The van der Waals surface area contributed by atoms with Gasteiger partial charge in [0.1, 0.15) is 5.82 Å². The van der Waals surface area contributed by atoms with Gasteiger partial charge in [0.05, 0.1) is 5.69 Å². The molecule has 0 saturated carbocycles. The number of rotatable bonds is 2. The molecule has 0 aliphatic heterocycles. The first-order chi connectivity index (χ1) is 8.59. The Balaban J connectivity index is 2.27. The van der Waals surface area contributed by atoms with E-state index in [1.54, 1.807) is 25.1 Å². The normalized spacial score (nSPS) is 10.1. The van der Waals surface area contributed by atoms with Gasteiger partial charge in [-0.15, -0.1) is 0 Å². The Kier molecular flexibility index (Phi) is 3.23. The average Bonchev–Trinajstić information content (AvgIpc) is 2.35. The van der Waals surface area contributed by atoms with Gasteiger partial charge in [-0.1, -0.05) is 6.07 Å². The number of nitrogens with two attached hydrogens (primary N) is 1. The number of hydrogen-bond acceptors (Lipinski definition) is 3. The zero-order valence-electron chi connectivity index (χ0n) is 9.77. The molecule has 1 amide bonds. The maximum atomic E-state index is 13.3. The molecule has 1 aromatic carbocycles.